The Morgan fingerprint density at radius 2 is 1.95 bits per heavy atom. The number of carbonyl (C=O) groups is 1. The molecule has 2 N–H and O–H groups in total. The molecule has 0 aliphatic heterocycles. The number of carbonyl (C=O) groups excluding carboxylic acids is 1. The first-order chi connectivity index (χ1) is 21.1. The zero-order chi connectivity index (χ0) is 32.0. The van der Waals surface area contributed by atoms with Crippen molar-refractivity contribution in [3.8, 4) is 16.9 Å². The molecule has 44 heavy (non-hydrogen) atoms. The van der Waals surface area contributed by atoms with E-state index in [0.29, 0.717) is 34.7 Å². The minimum atomic E-state index is -0.336. The fraction of sp³-hybridized carbons (Fsp3) is 0.265. The number of aryl methyl sites for hydroxylation is 3. The van der Waals surface area contributed by atoms with Gasteiger partial charge in [-0.1, -0.05) is 12.1 Å². The Bertz CT molecular complexity index is 1810. The third-order valence-corrected chi connectivity index (χ3v) is 7.45. The van der Waals surface area contributed by atoms with Gasteiger partial charge in [-0.3, -0.25) is 25.1 Å². The van der Waals surface area contributed by atoms with Crippen molar-refractivity contribution in [1.29, 1.82) is 0 Å². The van der Waals surface area contributed by atoms with Gasteiger partial charge >= 0.3 is 0 Å². The van der Waals surface area contributed by atoms with E-state index in [1.807, 2.05) is 45.3 Å². The molecule has 0 unspecified atom stereocenters. The highest BCUT2D eigenvalue weighted by Crippen LogP contribution is 2.36. The maximum Gasteiger partial charge on any atom is 0.254 e. The van der Waals surface area contributed by atoms with Crippen LogP contribution in [0, 0.1) is 33.5 Å². The average Bonchev–Trinajstić information content (AvgIpc) is 3.50. The first kappa shape index (κ1) is 31.8. The minimum absolute atomic E-state index is 0.197. The lowest BCUT2D eigenvalue weighted by Gasteiger charge is -2.21. The molecule has 10 heteroatoms. The van der Waals surface area contributed by atoms with Crippen LogP contribution in [0.2, 0.25) is 0 Å². The van der Waals surface area contributed by atoms with E-state index in [1.165, 1.54) is 17.7 Å². The number of aliphatic imine (C=N–C) groups is 1. The van der Waals surface area contributed by atoms with Gasteiger partial charge in [0.15, 0.2) is 0 Å². The lowest BCUT2D eigenvalue weighted by molar-refractivity contribution is -0.908. The van der Waals surface area contributed by atoms with Gasteiger partial charge in [-0.15, -0.1) is 0 Å². The summed E-state index contributed by atoms with van der Waals surface area (Å²) in [4.78, 5) is 23.1. The van der Waals surface area contributed by atoms with Crippen LogP contribution in [0.25, 0.3) is 22.0 Å². The van der Waals surface area contributed by atoms with Gasteiger partial charge < -0.3 is 9.64 Å². The number of H-pyrrole nitrogens is 1. The van der Waals surface area contributed by atoms with E-state index < -0.39 is 0 Å². The van der Waals surface area contributed by atoms with Crippen molar-refractivity contribution in [2.75, 3.05) is 20.7 Å². The monoisotopic (exact) mass is 597 g/mol. The molecule has 0 aliphatic rings. The summed E-state index contributed by atoms with van der Waals surface area (Å²) in [5.74, 6) is 0.0237. The zero-order valence-corrected chi connectivity index (χ0v) is 26.1. The molecule has 2 aromatic carbocycles. The molecule has 0 spiro atoms. The van der Waals surface area contributed by atoms with Crippen LogP contribution in [0.5, 0.6) is 5.75 Å². The van der Waals surface area contributed by atoms with E-state index in [9.17, 15) is 14.4 Å². The van der Waals surface area contributed by atoms with E-state index in [2.05, 4.69) is 27.1 Å². The third kappa shape index (κ3) is 6.75. The predicted octanol–water partition coefficient (Wildman–Crippen LogP) is 5.93. The second-order valence-corrected chi connectivity index (χ2v) is 10.5. The Morgan fingerprint density at radius 1 is 1.18 bits per heavy atom. The van der Waals surface area contributed by atoms with Crippen molar-refractivity contribution < 1.29 is 23.9 Å². The fourth-order valence-corrected chi connectivity index (χ4v) is 5.06. The second kappa shape index (κ2) is 13.9. The minimum Gasteiger partial charge on any atom is -0.493 e. The van der Waals surface area contributed by atoms with Crippen molar-refractivity contribution >= 4 is 23.0 Å². The summed E-state index contributed by atoms with van der Waals surface area (Å²) < 4.78 is 20.7. The molecule has 0 radical (unpaired) electrons. The van der Waals surface area contributed by atoms with Gasteiger partial charge in [0, 0.05) is 66.1 Å². The number of halogens is 1. The molecule has 0 saturated heterocycles. The van der Waals surface area contributed by atoms with Gasteiger partial charge in [-0.25, -0.2) is 4.39 Å². The van der Waals surface area contributed by atoms with Crippen molar-refractivity contribution in [2.45, 2.75) is 41.2 Å². The molecule has 0 fully saturated rings. The van der Waals surface area contributed by atoms with Gasteiger partial charge in [-0.05, 0) is 69.2 Å². The number of aromatic amines is 1. The Kier molecular flexibility index (Phi) is 10.0. The Balaban J connectivity index is 0.000000339. The molecule has 228 valence electrons. The predicted molar refractivity (Wildman–Crippen MR) is 169 cm³/mol. The van der Waals surface area contributed by atoms with E-state index in [4.69, 9.17) is 4.74 Å². The highest BCUT2D eigenvalue weighted by Gasteiger charge is 2.23. The largest absolute Gasteiger partial charge is 0.493 e. The molecular formula is C34H38FN6O3+. The van der Waals surface area contributed by atoms with Gasteiger partial charge in [-0.2, -0.15) is 5.10 Å². The molecule has 3 aromatic heterocycles. The summed E-state index contributed by atoms with van der Waals surface area (Å²) in [6, 6.07) is 11.8. The molecule has 5 aromatic rings. The Labute approximate surface area is 256 Å². The van der Waals surface area contributed by atoms with Crippen molar-refractivity contribution in [1.82, 2.24) is 20.1 Å². The quantitative estimate of drug-likeness (QED) is 0.137. The molecule has 0 aliphatic carbocycles. The maximum absolute atomic E-state index is 13.8. The summed E-state index contributed by atoms with van der Waals surface area (Å²) >= 11 is 0. The molecule has 0 atom stereocenters. The highest BCUT2D eigenvalue weighted by molar-refractivity contribution is 5.97. The number of amides is 1. The zero-order valence-electron chi connectivity index (χ0n) is 26.1. The standard InChI is InChI=1S/C25H25FN4O3.C9H12N2/c1-5-33-24-15(2)20(9-10-21(24)17-7-6-8-19(26)11-17)25(31)29(4)13-18-14-30(32)16(3)22-12-27-28-23(18)22;1-7-4-5-11-8(2)9(7)6-10-3/h6-12,14,32H,5,13H2,1-4H3;4-6H,1-3H3/p+1. The summed E-state index contributed by atoms with van der Waals surface area (Å²) in [7, 11) is 3.47. The van der Waals surface area contributed by atoms with Crippen LogP contribution in [-0.4, -0.2) is 58.1 Å². The highest BCUT2D eigenvalue weighted by atomic mass is 19.1. The van der Waals surface area contributed by atoms with Gasteiger partial charge in [0.05, 0.1) is 35.8 Å². The topological polar surface area (TPSA) is 108 Å². The number of nitrogens with one attached hydrogen (secondary N) is 1. The average molecular weight is 598 g/mol. The van der Waals surface area contributed by atoms with E-state index in [-0.39, 0.29) is 18.3 Å². The number of aromatic nitrogens is 4. The molecule has 3 heterocycles. The second-order valence-electron chi connectivity index (χ2n) is 10.5. The van der Waals surface area contributed by atoms with Crippen LogP contribution in [0.15, 0.2) is 66.0 Å². The smallest absolute Gasteiger partial charge is 0.254 e. The number of hydrogen-bond donors (Lipinski definition) is 2. The molecule has 9 nitrogen and oxygen atoms in total. The lowest BCUT2D eigenvalue weighted by atomic mass is 9.97. The van der Waals surface area contributed by atoms with E-state index in [1.54, 1.807) is 56.5 Å². The number of fused-ring (bicyclic) bond motifs is 1. The van der Waals surface area contributed by atoms with Crippen LogP contribution in [-0.2, 0) is 6.54 Å². The van der Waals surface area contributed by atoms with Crippen LogP contribution in [0.3, 0.4) is 0 Å². The number of ether oxygens (including phenoxy) is 1. The van der Waals surface area contributed by atoms with Crippen LogP contribution in [0.4, 0.5) is 4.39 Å². The number of nitrogens with zero attached hydrogens (tertiary/aromatic N) is 5. The maximum atomic E-state index is 13.8. The summed E-state index contributed by atoms with van der Waals surface area (Å²) in [5, 5.41) is 18.0. The molecule has 1 amide bonds. The summed E-state index contributed by atoms with van der Waals surface area (Å²) in [6.07, 6.45) is 6.88. The van der Waals surface area contributed by atoms with Gasteiger partial charge in [0.2, 0.25) is 11.9 Å². The van der Waals surface area contributed by atoms with Crippen molar-refractivity contribution in [2.24, 2.45) is 4.99 Å². The fourth-order valence-electron chi connectivity index (χ4n) is 5.06. The summed E-state index contributed by atoms with van der Waals surface area (Å²) in [5.41, 5.74) is 8.13. The first-order valence-corrected chi connectivity index (χ1v) is 14.3. The number of hydrogen-bond acceptors (Lipinski definition) is 6. The first-order valence-electron chi connectivity index (χ1n) is 14.3. The van der Waals surface area contributed by atoms with Gasteiger partial charge in [0.1, 0.15) is 11.6 Å². The SMILES string of the molecule is CCOc1c(-c2cccc(F)c2)ccc(C(=O)N(C)Cc2c[n+](O)c(C)c3cn[nH]c23)c1C.CN=Cc1c(C)ccnc1C. The number of pyridine rings is 2. The lowest BCUT2D eigenvalue weighted by Crippen LogP contribution is -2.35. The summed E-state index contributed by atoms with van der Waals surface area (Å²) in [6.45, 7) is 10.2. The van der Waals surface area contributed by atoms with Crippen LogP contribution in [0.1, 0.15) is 50.9 Å². The van der Waals surface area contributed by atoms with Crippen LogP contribution < -0.4 is 9.47 Å². The third-order valence-electron chi connectivity index (χ3n) is 7.45. The Morgan fingerprint density at radius 3 is 2.64 bits per heavy atom. The van der Waals surface area contributed by atoms with Gasteiger partial charge in [0.25, 0.3) is 5.91 Å². The molecule has 0 bridgehead atoms. The van der Waals surface area contributed by atoms with Crippen molar-refractivity contribution in [3.63, 3.8) is 0 Å². The van der Waals surface area contributed by atoms with Crippen LogP contribution >= 0.6 is 0 Å². The van der Waals surface area contributed by atoms with Crippen molar-refractivity contribution in [3.05, 3.63) is 106 Å². The van der Waals surface area contributed by atoms with E-state index >= 15 is 0 Å². The molecular weight excluding hydrogens is 559 g/mol. The molecule has 0 saturated carbocycles. The molecule has 5 rings (SSSR count). The number of benzene rings is 2. The Hall–Kier alpha value is -5.12. The number of rotatable bonds is 7. The normalized spacial score (nSPS) is 11.0. The van der Waals surface area contributed by atoms with E-state index in [0.717, 1.165) is 38.0 Å².